The highest BCUT2D eigenvalue weighted by Gasteiger charge is 2.20. The van der Waals surface area contributed by atoms with Crippen LogP contribution in [0.25, 0.3) is 54.1 Å². The summed E-state index contributed by atoms with van der Waals surface area (Å²) < 4.78 is 7.68. The Kier molecular flexibility index (Phi) is 3.63. The van der Waals surface area contributed by atoms with Gasteiger partial charge in [-0.05, 0) is 68.9 Å². The predicted molar refractivity (Wildman–Crippen MR) is 129 cm³/mol. The third-order valence-corrected chi connectivity index (χ3v) is 6.78. The average molecular weight is 408 g/mol. The van der Waals surface area contributed by atoms with Gasteiger partial charge in [0.1, 0.15) is 11.3 Å². The van der Waals surface area contributed by atoms with Crippen molar-refractivity contribution in [3.05, 3.63) is 77.8 Å². The second-order valence-electron chi connectivity index (χ2n) is 8.94. The number of thiophene rings is 1. The molecule has 0 bridgehead atoms. The molecule has 3 heteroatoms. The summed E-state index contributed by atoms with van der Waals surface area (Å²) in [7, 11) is 0. The molecule has 0 saturated carbocycles. The first-order valence-corrected chi connectivity index (χ1v) is 11.1. The molecule has 0 spiro atoms. The van der Waals surface area contributed by atoms with Gasteiger partial charge in [0.25, 0.3) is 0 Å². The number of furan rings is 1. The fraction of sp³-hybridized carbons (Fsp3) is 0.148. The number of hydrogen-bond acceptors (Lipinski definition) is 3. The lowest BCUT2D eigenvalue weighted by Crippen LogP contribution is -2.12. The second kappa shape index (κ2) is 6.16. The molecule has 0 aliphatic rings. The van der Waals surface area contributed by atoms with Crippen LogP contribution in [-0.4, -0.2) is 4.98 Å². The Morgan fingerprint density at radius 1 is 0.833 bits per heavy atom. The maximum atomic E-state index is 6.40. The fourth-order valence-corrected chi connectivity index (χ4v) is 5.24. The molecule has 0 radical (unpaired) electrons. The van der Waals surface area contributed by atoms with Gasteiger partial charge in [0.05, 0.1) is 0 Å². The summed E-state index contributed by atoms with van der Waals surface area (Å²) in [5, 5.41) is 8.15. The van der Waals surface area contributed by atoms with Gasteiger partial charge < -0.3 is 4.42 Å². The van der Waals surface area contributed by atoms with Crippen LogP contribution < -0.4 is 0 Å². The lowest BCUT2D eigenvalue weighted by atomic mass is 9.82. The normalized spacial score (nSPS) is 12.5. The second-order valence-corrected chi connectivity index (χ2v) is 9.89. The standard InChI is InChI=1S/C27H21NOS/c1-27(2,3)22-13-18(12-16-6-4-5-7-19(16)22)25-26-20(8-10-28-25)21-15-24-17(9-11-30-24)14-23(21)29-26/h4-15H,1-3H3. The number of fused-ring (bicyclic) bond motifs is 5. The van der Waals surface area contributed by atoms with Crippen molar-refractivity contribution in [2.45, 2.75) is 26.2 Å². The molecule has 146 valence electrons. The van der Waals surface area contributed by atoms with Crippen LogP contribution in [0.4, 0.5) is 0 Å². The lowest BCUT2D eigenvalue weighted by molar-refractivity contribution is 0.596. The highest BCUT2D eigenvalue weighted by atomic mass is 32.1. The van der Waals surface area contributed by atoms with Crippen LogP contribution in [0.15, 0.2) is 76.7 Å². The minimum absolute atomic E-state index is 0.0295. The van der Waals surface area contributed by atoms with E-state index < -0.39 is 0 Å². The van der Waals surface area contributed by atoms with Crippen LogP contribution >= 0.6 is 11.3 Å². The first-order valence-electron chi connectivity index (χ1n) is 10.2. The van der Waals surface area contributed by atoms with E-state index in [0.717, 1.165) is 33.2 Å². The van der Waals surface area contributed by atoms with E-state index in [1.54, 1.807) is 11.3 Å². The van der Waals surface area contributed by atoms with Crippen LogP contribution in [0.5, 0.6) is 0 Å². The molecular weight excluding hydrogens is 386 g/mol. The highest BCUT2D eigenvalue weighted by Crippen LogP contribution is 2.40. The number of hydrogen-bond donors (Lipinski definition) is 0. The fourth-order valence-electron chi connectivity index (χ4n) is 4.43. The van der Waals surface area contributed by atoms with Crippen molar-refractivity contribution in [2.75, 3.05) is 0 Å². The van der Waals surface area contributed by atoms with Gasteiger partial charge in [0.15, 0.2) is 5.58 Å². The van der Waals surface area contributed by atoms with Crippen molar-refractivity contribution in [1.29, 1.82) is 0 Å². The summed E-state index contributed by atoms with van der Waals surface area (Å²) in [6.07, 6.45) is 1.90. The van der Waals surface area contributed by atoms with E-state index in [2.05, 4.69) is 86.8 Å². The largest absolute Gasteiger partial charge is 0.454 e. The molecule has 30 heavy (non-hydrogen) atoms. The van der Waals surface area contributed by atoms with Gasteiger partial charge in [-0.3, -0.25) is 4.98 Å². The minimum atomic E-state index is 0.0295. The Balaban J connectivity index is 1.68. The van der Waals surface area contributed by atoms with Crippen LogP contribution in [0, 0.1) is 0 Å². The molecule has 6 rings (SSSR count). The first-order chi connectivity index (χ1) is 14.5. The van der Waals surface area contributed by atoms with Crippen LogP contribution in [0.2, 0.25) is 0 Å². The molecule has 6 aromatic rings. The zero-order valence-electron chi connectivity index (χ0n) is 17.2. The van der Waals surface area contributed by atoms with Gasteiger partial charge >= 0.3 is 0 Å². The topological polar surface area (TPSA) is 26.0 Å². The van der Waals surface area contributed by atoms with Gasteiger partial charge in [0.2, 0.25) is 0 Å². The molecule has 2 nitrogen and oxygen atoms in total. The number of benzene rings is 3. The van der Waals surface area contributed by atoms with Gasteiger partial charge in [-0.2, -0.15) is 0 Å². The monoisotopic (exact) mass is 407 g/mol. The number of pyridine rings is 1. The van der Waals surface area contributed by atoms with Gasteiger partial charge in [-0.1, -0.05) is 45.0 Å². The third-order valence-electron chi connectivity index (χ3n) is 5.90. The Morgan fingerprint density at radius 2 is 1.70 bits per heavy atom. The SMILES string of the molecule is CC(C)(C)c1cc(-c2nccc3c2oc2cc4ccsc4cc23)cc2ccccc12. The van der Waals surface area contributed by atoms with E-state index in [1.165, 1.54) is 26.4 Å². The quantitative estimate of drug-likeness (QED) is 0.274. The van der Waals surface area contributed by atoms with E-state index in [9.17, 15) is 0 Å². The van der Waals surface area contributed by atoms with Crippen molar-refractivity contribution in [3.8, 4) is 11.3 Å². The first kappa shape index (κ1) is 17.7. The van der Waals surface area contributed by atoms with E-state index >= 15 is 0 Å². The molecule has 0 aliphatic heterocycles. The molecule has 3 heterocycles. The Hall–Kier alpha value is -3.17. The van der Waals surface area contributed by atoms with E-state index in [1.807, 2.05) is 6.20 Å². The molecule has 3 aromatic carbocycles. The summed E-state index contributed by atoms with van der Waals surface area (Å²) in [5.74, 6) is 0. The zero-order chi connectivity index (χ0) is 20.5. The molecule has 0 fully saturated rings. The number of rotatable bonds is 1. The summed E-state index contributed by atoms with van der Waals surface area (Å²) in [6, 6.07) is 21.7. The highest BCUT2D eigenvalue weighted by molar-refractivity contribution is 7.17. The summed E-state index contributed by atoms with van der Waals surface area (Å²) >= 11 is 1.76. The Morgan fingerprint density at radius 3 is 2.57 bits per heavy atom. The van der Waals surface area contributed by atoms with Crippen molar-refractivity contribution in [3.63, 3.8) is 0 Å². The van der Waals surface area contributed by atoms with Crippen molar-refractivity contribution >= 4 is 54.1 Å². The summed E-state index contributed by atoms with van der Waals surface area (Å²) in [4.78, 5) is 4.77. The zero-order valence-corrected chi connectivity index (χ0v) is 18.0. The molecule has 0 aliphatic carbocycles. The average Bonchev–Trinajstić information content (AvgIpc) is 3.33. The van der Waals surface area contributed by atoms with Crippen LogP contribution in [-0.2, 0) is 5.41 Å². The maximum Gasteiger partial charge on any atom is 0.161 e. The van der Waals surface area contributed by atoms with Crippen molar-refractivity contribution in [1.82, 2.24) is 4.98 Å². The van der Waals surface area contributed by atoms with Gasteiger partial charge in [-0.15, -0.1) is 11.3 Å². The van der Waals surface area contributed by atoms with Crippen molar-refractivity contribution in [2.24, 2.45) is 0 Å². The van der Waals surface area contributed by atoms with E-state index in [0.29, 0.717) is 0 Å². The van der Waals surface area contributed by atoms with Crippen molar-refractivity contribution < 1.29 is 4.42 Å². The maximum absolute atomic E-state index is 6.40. The molecule has 3 aromatic heterocycles. The van der Waals surface area contributed by atoms with Gasteiger partial charge in [0, 0.05) is 27.2 Å². The molecule has 0 unspecified atom stereocenters. The summed E-state index contributed by atoms with van der Waals surface area (Å²) in [6.45, 7) is 6.79. The van der Waals surface area contributed by atoms with Crippen LogP contribution in [0.3, 0.4) is 0 Å². The van der Waals surface area contributed by atoms with E-state index in [4.69, 9.17) is 9.40 Å². The molecule has 0 amide bonds. The number of nitrogens with zero attached hydrogens (tertiary/aromatic N) is 1. The molecule has 0 N–H and O–H groups in total. The molecular formula is C27H21NOS. The summed E-state index contributed by atoms with van der Waals surface area (Å²) in [5.41, 5.74) is 5.14. The lowest BCUT2D eigenvalue weighted by Gasteiger charge is -2.22. The third kappa shape index (κ3) is 2.59. The number of aromatic nitrogens is 1. The molecule has 0 atom stereocenters. The Bertz CT molecular complexity index is 1580. The predicted octanol–water partition coefficient (Wildman–Crippen LogP) is 8.31. The molecule has 0 saturated heterocycles. The Labute approximate surface area is 178 Å². The minimum Gasteiger partial charge on any atom is -0.454 e. The van der Waals surface area contributed by atoms with Gasteiger partial charge in [-0.25, -0.2) is 0 Å². The van der Waals surface area contributed by atoms with E-state index in [-0.39, 0.29) is 5.41 Å². The smallest absolute Gasteiger partial charge is 0.161 e. The van der Waals surface area contributed by atoms with Crippen LogP contribution in [0.1, 0.15) is 26.3 Å².